The number of hydrogen-bond donors (Lipinski definition) is 1. The number of nitrogens with zero attached hydrogens (tertiary/aromatic N) is 2. The van der Waals surface area contributed by atoms with Gasteiger partial charge in [-0.05, 0) is 60.5 Å². The zero-order valence-corrected chi connectivity index (χ0v) is 25.1. The van der Waals surface area contributed by atoms with E-state index in [1.54, 1.807) is 42.5 Å². The summed E-state index contributed by atoms with van der Waals surface area (Å²) in [6.07, 6.45) is 1.43. The molecule has 1 amide bonds. The summed E-state index contributed by atoms with van der Waals surface area (Å²) in [6, 6.07) is 26.0. The fourth-order valence-corrected chi connectivity index (χ4v) is 5.53. The molecule has 11 heteroatoms. The minimum Gasteiger partial charge on any atom is -0.493 e. The van der Waals surface area contributed by atoms with Crippen LogP contribution in [0.15, 0.2) is 101 Å². The highest BCUT2D eigenvalue weighted by atomic mass is 32.2. The number of methoxy groups -OCH3 is 3. The molecule has 0 unspecified atom stereocenters. The zero-order valence-electron chi connectivity index (χ0n) is 24.3. The van der Waals surface area contributed by atoms with Crippen LogP contribution >= 0.6 is 0 Å². The van der Waals surface area contributed by atoms with E-state index in [2.05, 4.69) is 10.5 Å². The molecule has 0 aliphatic heterocycles. The Morgan fingerprint density at radius 1 is 0.814 bits per heavy atom. The summed E-state index contributed by atoms with van der Waals surface area (Å²) in [5, 5.41) is 4.03. The highest BCUT2D eigenvalue weighted by molar-refractivity contribution is 7.92. The molecule has 0 atom stereocenters. The molecular weight excluding hydrogens is 570 g/mol. The molecule has 0 saturated carbocycles. The van der Waals surface area contributed by atoms with Crippen molar-refractivity contribution < 1.29 is 32.2 Å². The van der Waals surface area contributed by atoms with Crippen LogP contribution in [-0.4, -0.2) is 48.4 Å². The van der Waals surface area contributed by atoms with Crippen LogP contribution in [0.25, 0.3) is 0 Å². The summed E-state index contributed by atoms with van der Waals surface area (Å²) >= 11 is 0. The third-order valence-corrected chi connectivity index (χ3v) is 8.15. The first-order valence-corrected chi connectivity index (χ1v) is 14.7. The second kappa shape index (κ2) is 14.2. The average molecular weight is 604 g/mol. The molecule has 0 aromatic heterocycles. The Bertz CT molecular complexity index is 1680. The summed E-state index contributed by atoms with van der Waals surface area (Å²) < 4.78 is 50.4. The van der Waals surface area contributed by atoms with E-state index in [0.717, 1.165) is 15.4 Å². The maximum absolute atomic E-state index is 13.7. The molecule has 0 radical (unpaired) electrons. The van der Waals surface area contributed by atoms with Gasteiger partial charge in [0.25, 0.3) is 15.9 Å². The standard InChI is InChI=1S/C32H33N3O7S/c1-23-10-13-26(14-11-23)35(43(37,38)27-15-17-28(39-2)31(19-27)41-4)21-32(36)34-33-20-25-12-16-29(30(18-25)40-3)42-22-24-8-6-5-7-9-24/h5-20H,21-22H2,1-4H3,(H,34,36)/b33-20-. The number of anilines is 1. The number of benzene rings is 4. The van der Waals surface area contributed by atoms with Crippen molar-refractivity contribution in [1.82, 2.24) is 5.43 Å². The van der Waals surface area contributed by atoms with E-state index in [9.17, 15) is 13.2 Å². The quantitative estimate of drug-likeness (QED) is 0.170. The Kier molecular flexibility index (Phi) is 10.2. The minimum absolute atomic E-state index is 0.0660. The molecule has 4 aromatic rings. The maximum atomic E-state index is 13.7. The van der Waals surface area contributed by atoms with Gasteiger partial charge in [-0.25, -0.2) is 13.8 Å². The number of nitrogens with one attached hydrogen (secondary N) is 1. The molecule has 0 saturated heterocycles. The van der Waals surface area contributed by atoms with Crippen LogP contribution in [0.2, 0.25) is 0 Å². The monoisotopic (exact) mass is 603 g/mol. The molecule has 4 aromatic carbocycles. The van der Waals surface area contributed by atoms with E-state index in [-0.39, 0.29) is 10.6 Å². The van der Waals surface area contributed by atoms with Crippen LogP contribution < -0.4 is 28.7 Å². The molecule has 1 N–H and O–H groups in total. The van der Waals surface area contributed by atoms with Crippen LogP contribution in [-0.2, 0) is 21.4 Å². The van der Waals surface area contributed by atoms with Gasteiger partial charge in [0.2, 0.25) is 0 Å². The lowest BCUT2D eigenvalue weighted by atomic mass is 10.2. The lowest BCUT2D eigenvalue weighted by molar-refractivity contribution is -0.119. The highest BCUT2D eigenvalue weighted by Crippen LogP contribution is 2.32. The van der Waals surface area contributed by atoms with E-state index < -0.39 is 22.5 Å². The summed E-state index contributed by atoms with van der Waals surface area (Å²) in [7, 11) is 0.225. The van der Waals surface area contributed by atoms with E-state index in [1.807, 2.05) is 37.3 Å². The van der Waals surface area contributed by atoms with Gasteiger partial charge in [0.1, 0.15) is 13.2 Å². The topological polar surface area (TPSA) is 116 Å². The van der Waals surface area contributed by atoms with E-state index in [1.165, 1.54) is 45.7 Å². The predicted molar refractivity (Wildman–Crippen MR) is 165 cm³/mol. The molecule has 0 aliphatic rings. The molecule has 0 fully saturated rings. The number of aryl methyl sites for hydroxylation is 1. The van der Waals surface area contributed by atoms with Crippen LogP contribution in [0.3, 0.4) is 0 Å². The van der Waals surface area contributed by atoms with Gasteiger partial charge in [-0.15, -0.1) is 0 Å². The van der Waals surface area contributed by atoms with Gasteiger partial charge >= 0.3 is 0 Å². The summed E-state index contributed by atoms with van der Waals surface area (Å²) in [4.78, 5) is 12.9. The van der Waals surface area contributed by atoms with Crippen molar-refractivity contribution in [2.75, 3.05) is 32.2 Å². The predicted octanol–water partition coefficient (Wildman–Crippen LogP) is 4.95. The lowest BCUT2D eigenvalue weighted by Gasteiger charge is -2.24. The van der Waals surface area contributed by atoms with E-state index >= 15 is 0 Å². The van der Waals surface area contributed by atoms with Crippen molar-refractivity contribution in [3.05, 3.63) is 108 Å². The number of rotatable bonds is 13. The number of hydrogen-bond acceptors (Lipinski definition) is 8. The van der Waals surface area contributed by atoms with Crippen LogP contribution in [0.4, 0.5) is 5.69 Å². The minimum atomic E-state index is -4.18. The smallest absolute Gasteiger partial charge is 0.264 e. The van der Waals surface area contributed by atoms with Crippen molar-refractivity contribution in [3.63, 3.8) is 0 Å². The van der Waals surface area contributed by atoms with Crippen LogP contribution in [0, 0.1) is 6.92 Å². The number of carbonyl (C=O) groups is 1. The van der Waals surface area contributed by atoms with E-state index in [0.29, 0.717) is 35.1 Å². The number of amides is 1. The molecule has 0 bridgehead atoms. The van der Waals surface area contributed by atoms with Gasteiger partial charge < -0.3 is 18.9 Å². The van der Waals surface area contributed by atoms with Gasteiger partial charge in [0, 0.05) is 6.07 Å². The van der Waals surface area contributed by atoms with Gasteiger partial charge in [0.05, 0.1) is 38.1 Å². The van der Waals surface area contributed by atoms with Crippen molar-refractivity contribution in [2.45, 2.75) is 18.4 Å². The fraction of sp³-hybridized carbons (Fsp3) is 0.188. The van der Waals surface area contributed by atoms with Gasteiger partial charge in [-0.3, -0.25) is 9.10 Å². The Balaban J connectivity index is 1.49. The second-order valence-electron chi connectivity index (χ2n) is 9.34. The Hall–Kier alpha value is -5.03. The molecule has 224 valence electrons. The Labute approximate surface area is 251 Å². The Morgan fingerprint density at radius 3 is 2.14 bits per heavy atom. The van der Waals surface area contributed by atoms with Gasteiger partial charge in [-0.2, -0.15) is 5.10 Å². The summed E-state index contributed by atoms with van der Waals surface area (Å²) in [5.41, 5.74) is 5.32. The van der Waals surface area contributed by atoms with Crippen molar-refractivity contribution in [1.29, 1.82) is 0 Å². The lowest BCUT2D eigenvalue weighted by Crippen LogP contribution is -2.39. The first-order chi connectivity index (χ1) is 20.7. The van der Waals surface area contributed by atoms with Crippen molar-refractivity contribution in [2.24, 2.45) is 5.10 Å². The highest BCUT2D eigenvalue weighted by Gasteiger charge is 2.28. The SMILES string of the molecule is COc1ccc(S(=O)(=O)N(CC(=O)N/N=C\c2ccc(OCc3ccccc3)c(OC)c2)c2ccc(C)cc2)cc1OC. The number of carbonyl (C=O) groups excluding carboxylic acids is 1. The summed E-state index contributed by atoms with van der Waals surface area (Å²) in [5.74, 6) is 1.03. The zero-order chi connectivity index (χ0) is 30.8. The van der Waals surface area contributed by atoms with E-state index in [4.69, 9.17) is 18.9 Å². The fourth-order valence-electron chi connectivity index (χ4n) is 4.09. The summed E-state index contributed by atoms with van der Waals surface area (Å²) in [6.45, 7) is 1.74. The molecule has 10 nitrogen and oxygen atoms in total. The molecule has 0 spiro atoms. The maximum Gasteiger partial charge on any atom is 0.264 e. The van der Waals surface area contributed by atoms with Crippen molar-refractivity contribution >= 4 is 27.8 Å². The largest absolute Gasteiger partial charge is 0.493 e. The van der Waals surface area contributed by atoms with Crippen LogP contribution in [0.5, 0.6) is 23.0 Å². The van der Waals surface area contributed by atoms with Gasteiger partial charge in [0.15, 0.2) is 23.0 Å². The third-order valence-electron chi connectivity index (χ3n) is 6.38. The first-order valence-electron chi connectivity index (χ1n) is 13.2. The number of sulfonamides is 1. The molecular formula is C32H33N3O7S. The molecule has 4 rings (SSSR count). The normalized spacial score (nSPS) is 11.2. The Morgan fingerprint density at radius 2 is 1.47 bits per heavy atom. The van der Waals surface area contributed by atoms with Crippen LogP contribution in [0.1, 0.15) is 16.7 Å². The molecule has 0 heterocycles. The first kappa shape index (κ1) is 30.9. The molecule has 43 heavy (non-hydrogen) atoms. The van der Waals surface area contributed by atoms with Gasteiger partial charge in [-0.1, -0.05) is 48.0 Å². The number of ether oxygens (including phenoxy) is 4. The number of hydrazone groups is 1. The van der Waals surface area contributed by atoms with Crippen molar-refractivity contribution in [3.8, 4) is 23.0 Å². The molecule has 0 aliphatic carbocycles. The second-order valence-corrected chi connectivity index (χ2v) is 11.2. The average Bonchev–Trinajstić information content (AvgIpc) is 3.03. The third kappa shape index (κ3) is 7.83.